The Balaban J connectivity index is -0.000000405. The number of unbranched alkanes of at least 4 members (excludes halogenated alkanes) is 2. The summed E-state index contributed by atoms with van der Waals surface area (Å²) >= 11 is 0. The van der Waals surface area contributed by atoms with Crippen LogP contribution in [0, 0.1) is 0 Å². The zero-order chi connectivity index (χ0) is 7.82. The smallest absolute Gasteiger partial charge is 0.305 e. The SMILES string of the molecule is CCCCCC(=O)OCC.[Ba].[Cd]. The summed E-state index contributed by atoms with van der Waals surface area (Å²) < 4.78 is 4.75. The molecule has 0 bridgehead atoms. The summed E-state index contributed by atoms with van der Waals surface area (Å²) in [6, 6.07) is 0. The van der Waals surface area contributed by atoms with Gasteiger partial charge in [0.05, 0.1) is 6.61 Å². The van der Waals surface area contributed by atoms with Crippen molar-refractivity contribution >= 4 is 54.9 Å². The molecule has 0 aromatic carbocycles. The monoisotopic (exact) mass is 396 g/mol. The molecule has 0 spiro atoms. The third-order valence-electron chi connectivity index (χ3n) is 1.29. The van der Waals surface area contributed by atoms with Gasteiger partial charge in [0.15, 0.2) is 0 Å². The van der Waals surface area contributed by atoms with Crippen LogP contribution in [0.1, 0.15) is 39.5 Å². The van der Waals surface area contributed by atoms with E-state index in [1.54, 1.807) is 0 Å². The van der Waals surface area contributed by atoms with Crippen LogP contribution < -0.4 is 0 Å². The number of esters is 1. The molecule has 0 saturated carbocycles. The summed E-state index contributed by atoms with van der Waals surface area (Å²) in [7, 11) is 0. The molecule has 2 nitrogen and oxygen atoms in total. The van der Waals surface area contributed by atoms with Crippen LogP contribution in [0.3, 0.4) is 0 Å². The van der Waals surface area contributed by atoms with Crippen LogP contribution in [0.2, 0.25) is 0 Å². The molecular weight excluding hydrogens is 378 g/mol. The van der Waals surface area contributed by atoms with E-state index in [0.717, 1.165) is 19.3 Å². The van der Waals surface area contributed by atoms with Crippen LogP contribution in [0.15, 0.2) is 0 Å². The van der Waals surface area contributed by atoms with Crippen LogP contribution in [-0.4, -0.2) is 61.5 Å². The third-order valence-corrected chi connectivity index (χ3v) is 1.29. The molecule has 0 aromatic heterocycles. The Hall–Kier alpha value is 1.96. The Labute approximate surface area is 135 Å². The molecule has 0 atom stereocenters. The Kier molecular flexibility index (Phi) is 25.1. The van der Waals surface area contributed by atoms with E-state index in [2.05, 4.69) is 6.92 Å². The average molecular weight is 394 g/mol. The van der Waals surface area contributed by atoms with Crippen LogP contribution in [0.4, 0.5) is 0 Å². The van der Waals surface area contributed by atoms with E-state index in [9.17, 15) is 4.79 Å². The number of rotatable bonds is 5. The van der Waals surface area contributed by atoms with Crippen molar-refractivity contribution in [2.45, 2.75) is 39.5 Å². The molecule has 12 heavy (non-hydrogen) atoms. The first-order chi connectivity index (χ1) is 4.81. The van der Waals surface area contributed by atoms with Gasteiger partial charge in [-0.2, -0.15) is 0 Å². The standard InChI is InChI=1S/C8H16O2.Ba.Cd/c1-3-5-6-7-8(9)10-4-2;;/h3-7H2,1-2H3;;. The van der Waals surface area contributed by atoms with Crippen molar-refractivity contribution in [2.75, 3.05) is 6.61 Å². The predicted molar refractivity (Wildman–Crippen MR) is 46.5 cm³/mol. The number of carbonyl (C=O) groups excluding carboxylic acids is 1. The van der Waals surface area contributed by atoms with Gasteiger partial charge in [-0.25, -0.2) is 0 Å². The molecular formula is C8H16BaCdO2. The van der Waals surface area contributed by atoms with Crippen LogP contribution >= 0.6 is 0 Å². The van der Waals surface area contributed by atoms with Crippen molar-refractivity contribution in [1.29, 1.82) is 0 Å². The van der Waals surface area contributed by atoms with Gasteiger partial charge in [0.2, 0.25) is 0 Å². The number of carbonyl (C=O) groups is 1. The quantitative estimate of drug-likeness (QED) is 0.404. The molecule has 0 aromatic rings. The zero-order valence-electron chi connectivity index (χ0n) is 8.27. The predicted octanol–water partition coefficient (Wildman–Crippen LogP) is 1.75. The van der Waals surface area contributed by atoms with Gasteiger partial charge in [-0.15, -0.1) is 0 Å². The molecule has 64 valence electrons. The Morgan fingerprint density at radius 1 is 1.25 bits per heavy atom. The van der Waals surface area contributed by atoms with Crippen molar-refractivity contribution in [3.05, 3.63) is 0 Å². The van der Waals surface area contributed by atoms with E-state index in [1.807, 2.05) is 6.92 Å². The minimum atomic E-state index is -0.0593. The number of hydrogen-bond acceptors (Lipinski definition) is 2. The molecule has 0 heterocycles. The normalized spacial score (nSPS) is 7.83. The van der Waals surface area contributed by atoms with E-state index in [4.69, 9.17) is 4.74 Å². The number of ether oxygens (including phenoxy) is 1. The Bertz CT molecular complexity index is 99.1. The fraction of sp³-hybridized carbons (Fsp3) is 0.875. The minimum Gasteiger partial charge on any atom is -0.466 e. The summed E-state index contributed by atoms with van der Waals surface area (Å²) in [6.07, 6.45) is 3.83. The van der Waals surface area contributed by atoms with Crippen LogP contribution in [-0.2, 0) is 36.8 Å². The van der Waals surface area contributed by atoms with E-state index in [-0.39, 0.29) is 82.1 Å². The van der Waals surface area contributed by atoms with Crippen molar-refractivity contribution in [3.8, 4) is 0 Å². The van der Waals surface area contributed by atoms with Gasteiger partial charge in [0.25, 0.3) is 0 Å². The molecule has 2 radical (unpaired) electrons. The fourth-order valence-electron chi connectivity index (χ4n) is 0.752. The first-order valence-corrected chi connectivity index (χ1v) is 3.96. The van der Waals surface area contributed by atoms with Gasteiger partial charge in [0.1, 0.15) is 0 Å². The van der Waals surface area contributed by atoms with Gasteiger partial charge >= 0.3 is 5.97 Å². The Morgan fingerprint density at radius 2 is 1.83 bits per heavy atom. The largest absolute Gasteiger partial charge is 0.466 e. The first kappa shape index (κ1) is 19.5. The molecule has 0 rings (SSSR count). The second kappa shape index (κ2) is 15.4. The third kappa shape index (κ3) is 14.5. The Morgan fingerprint density at radius 3 is 2.25 bits per heavy atom. The van der Waals surface area contributed by atoms with Crippen LogP contribution in [0.5, 0.6) is 0 Å². The van der Waals surface area contributed by atoms with Crippen LogP contribution in [0.25, 0.3) is 0 Å². The molecule has 0 aliphatic rings. The topological polar surface area (TPSA) is 26.3 Å². The maximum Gasteiger partial charge on any atom is 0.305 e. The van der Waals surface area contributed by atoms with Crippen molar-refractivity contribution < 1.29 is 36.8 Å². The maximum atomic E-state index is 10.7. The molecule has 0 fully saturated rings. The summed E-state index contributed by atoms with van der Waals surface area (Å²) in [5.74, 6) is -0.0593. The summed E-state index contributed by atoms with van der Waals surface area (Å²) in [6.45, 7) is 4.45. The van der Waals surface area contributed by atoms with E-state index >= 15 is 0 Å². The average Bonchev–Trinajstić information content (AvgIpc) is 1.89. The van der Waals surface area contributed by atoms with Gasteiger partial charge in [0, 0.05) is 82.6 Å². The second-order valence-electron chi connectivity index (χ2n) is 2.26. The summed E-state index contributed by atoms with van der Waals surface area (Å²) in [5.41, 5.74) is 0. The molecule has 0 saturated heterocycles. The molecule has 0 unspecified atom stereocenters. The molecule has 0 amide bonds. The summed E-state index contributed by atoms with van der Waals surface area (Å²) in [4.78, 5) is 10.7. The van der Waals surface area contributed by atoms with Crippen molar-refractivity contribution in [3.63, 3.8) is 0 Å². The van der Waals surface area contributed by atoms with Gasteiger partial charge in [-0.05, 0) is 13.3 Å². The van der Waals surface area contributed by atoms with Crippen molar-refractivity contribution in [2.24, 2.45) is 0 Å². The molecule has 0 aliphatic carbocycles. The second-order valence-corrected chi connectivity index (χ2v) is 2.26. The molecule has 4 heteroatoms. The van der Waals surface area contributed by atoms with E-state index in [0.29, 0.717) is 13.0 Å². The summed E-state index contributed by atoms with van der Waals surface area (Å²) in [5, 5.41) is 0. The van der Waals surface area contributed by atoms with Crippen molar-refractivity contribution in [1.82, 2.24) is 0 Å². The fourth-order valence-corrected chi connectivity index (χ4v) is 0.752. The van der Waals surface area contributed by atoms with E-state index in [1.165, 1.54) is 0 Å². The molecule has 0 N–H and O–H groups in total. The zero-order valence-corrected chi connectivity index (χ0v) is 16.7. The van der Waals surface area contributed by atoms with Gasteiger partial charge in [-0.1, -0.05) is 19.8 Å². The van der Waals surface area contributed by atoms with Gasteiger partial charge < -0.3 is 4.74 Å². The number of hydrogen-bond donors (Lipinski definition) is 0. The minimum absolute atomic E-state index is 0. The van der Waals surface area contributed by atoms with Gasteiger partial charge in [-0.3, -0.25) is 4.79 Å². The first-order valence-electron chi connectivity index (χ1n) is 3.96. The molecule has 0 aliphatic heterocycles. The maximum absolute atomic E-state index is 10.7. The van der Waals surface area contributed by atoms with E-state index < -0.39 is 0 Å².